The van der Waals surface area contributed by atoms with Gasteiger partial charge in [0.05, 0.1) is 29.4 Å². The maximum Gasteiger partial charge on any atom is 0.145 e. The van der Waals surface area contributed by atoms with Gasteiger partial charge in [-0.2, -0.15) is 0 Å². The van der Waals surface area contributed by atoms with Gasteiger partial charge in [0.2, 0.25) is 0 Å². The SMILES string of the molecule is O[C@H]1Cc2ccccc2[C@@H]1Nc1cnc2ccccc2n1. The van der Waals surface area contributed by atoms with E-state index < -0.39 is 6.10 Å². The van der Waals surface area contributed by atoms with Crippen LogP contribution in [0.4, 0.5) is 5.82 Å². The third kappa shape index (κ3) is 2.14. The number of nitrogens with one attached hydrogen (secondary N) is 1. The van der Waals surface area contributed by atoms with Crippen molar-refractivity contribution in [2.75, 3.05) is 5.32 Å². The summed E-state index contributed by atoms with van der Waals surface area (Å²) in [5, 5.41) is 13.6. The Kier molecular flexibility index (Phi) is 2.82. The molecule has 0 fully saturated rings. The molecule has 0 aliphatic heterocycles. The maximum atomic E-state index is 10.3. The van der Waals surface area contributed by atoms with Gasteiger partial charge >= 0.3 is 0 Å². The Labute approximate surface area is 122 Å². The fourth-order valence-corrected chi connectivity index (χ4v) is 2.93. The van der Waals surface area contributed by atoms with Crippen molar-refractivity contribution in [1.82, 2.24) is 9.97 Å². The van der Waals surface area contributed by atoms with E-state index in [9.17, 15) is 5.11 Å². The van der Waals surface area contributed by atoms with Crippen LogP contribution >= 0.6 is 0 Å². The molecule has 1 heterocycles. The minimum atomic E-state index is -0.435. The molecule has 0 bridgehead atoms. The van der Waals surface area contributed by atoms with Crippen molar-refractivity contribution < 1.29 is 5.11 Å². The summed E-state index contributed by atoms with van der Waals surface area (Å²) in [5.74, 6) is 0.689. The average molecular weight is 277 g/mol. The summed E-state index contributed by atoms with van der Waals surface area (Å²) in [7, 11) is 0. The van der Waals surface area contributed by atoms with Crippen LogP contribution in [0.1, 0.15) is 17.2 Å². The Balaban J connectivity index is 1.68. The molecule has 104 valence electrons. The molecule has 2 N–H and O–H groups in total. The van der Waals surface area contributed by atoms with E-state index in [0.29, 0.717) is 12.2 Å². The predicted octanol–water partition coefficient (Wildman–Crippen LogP) is 2.70. The van der Waals surface area contributed by atoms with Gasteiger partial charge in [0.1, 0.15) is 5.82 Å². The Morgan fingerprint density at radius 3 is 2.67 bits per heavy atom. The number of aromatic nitrogens is 2. The number of benzene rings is 2. The number of nitrogens with zero attached hydrogens (tertiary/aromatic N) is 2. The molecule has 0 saturated heterocycles. The Morgan fingerprint density at radius 2 is 1.76 bits per heavy atom. The van der Waals surface area contributed by atoms with Crippen LogP contribution in [0.3, 0.4) is 0 Å². The number of anilines is 1. The minimum absolute atomic E-state index is 0.128. The van der Waals surface area contributed by atoms with E-state index in [4.69, 9.17) is 0 Å². The lowest BCUT2D eigenvalue weighted by Crippen LogP contribution is -2.21. The monoisotopic (exact) mass is 277 g/mol. The zero-order valence-corrected chi connectivity index (χ0v) is 11.4. The molecule has 2 atom stereocenters. The Hall–Kier alpha value is -2.46. The molecule has 21 heavy (non-hydrogen) atoms. The summed E-state index contributed by atoms with van der Waals surface area (Å²) in [6.45, 7) is 0. The summed E-state index contributed by atoms with van der Waals surface area (Å²) in [6.07, 6.45) is 1.96. The van der Waals surface area contributed by atoms with Crippen molar-refractivity contribution in [3.8, 4) is 0 Å². The Bertz CT molecular complexity index is 803. The lowest BCUT2D eigenvalue weighted by Gasteiger charge is -2.18. The van der Waals surface area contributed by atoms with Crippen LogP contribution < -0.4 is 5.32 Å². The lowest BCUT2D eigenvalue weighted by atomic mass is 10.1. The zero-order valence-electron chi connectivity index (χ0n) is 11.4. The molecule has 1 aromatic heterocycles. The zero-order chi connectivity index (χ0) is 14.2. The van der Waals surface area contributed by atoms with Crippen molar-refractivity contribution in [1.29, 1.82) is 0 Å². The molecule has 4 rings (SSSR count). The molecular formula is C17H15N3O. The van der Waals surface area contributed by atoms with Gasteiger partial charge in [-0.15, -0.1) is 0 Å². The number of fused-ring (bicyclic) bond motifs is 2. The third-order valence-corrected chi connectivity index (χ3v) is 3.96. The fourth-order valence-electron chi connectivity index (χ4n) is 2.93. The third-order valence-electron chi connectivity index (χ3n) is 3.96. The summed E-state index contributed by atoms with van der Waals surface area (Å²) >= 11 is 0. The normalized spacial score (nSPS) is 20.4. The van der Waals surface area contributed by atoms with Gasteiger partial charge in [-0.25, -0.2) is 4.98 Å². The average Bonchev–Trinajstić information content (AvgIpc) is 2.83. The summed E-state index contributed by atoms with van der Waals surface area (Å²) in [5.41, 5.74) is 4.05. The first-order valence-electron chi connectivity index (χ1n) is 7.05. The molecule has 0 saturated carbocycles. The minimum Gasteiger partial charge on any atom is -0.390 e. The van der Waals surface area contributed by atoms with Gasteiger partial charge in [0.25, 0.3) is 0 Å². The lowest BCUT2D eigenvalue weighted by molar-refractivity contribution is 0.165. The number of aliphatic hydroxyl groups excluding tert-OH is 1. The van der Waals surface area contributed by atoms with E-state index in [0.717, 1.165) is 16.6 Å². The van der Waals surface area contributed by atoms with E-state index in [1.807, 2.05) is 36.4 Å². The summed E-state index contributed by atoms with van der Waals surface area (Å²) in [4.78, 5) is 8.96. The second-order valence-corrected chi connectivity index (χ2v) is 5.34. The van der Waals surface area contributed by atoms with Crippen LogP contribution in [0.5, 0.6) is 0 Å². The van der Waals surface area contributed by atoms with E-state index in [2.05, 4.69) is 27.4 Å². The standard InChI is InChI=1S/C17H15N3O/c21-15-9-11-5-1-2-6-12(11)17(15)20-16-10-18-13-7-3-4-8-14(13)19-16/h1-8,10,15,17,21H,9H2,(H,19,20)/t15-,17-/m0/s1. The van der Waals surface area contributed by atoms with Crippen LogP contribution in [-0.2, 0) is 6.42 Å². The number of aliphatic hydroxyl groups is 1. The molecular weight excluding hydrogens is 262 g/mol. The molecule has 0 radical (unpaired) electrons. The largest absolute Gasteiger partial charge is 0.390 e. The van der Waals surface area contributed by atoms with Crippen molar-refractivity contribution >= 4 is 16.9 Å². The summed E-state index contributed by atoms with van der Waals surface area (Å²) < 4.78 is 0. The second kappa shape index (κ2) is 4.82. The molecule has 0 amide bonds. The highest BCUT2D eigenvalue weighted by Crippen LogP contribution is 2.33. The molecule has 4 heteroatoms. The highest BCUT2D eigenvalue weighted by Gasteiger charge is 2.30. The number of rotatable bonds is 2. The van der Waals surface area contributed by atoms with E-state index in [1.165, 1.54) is 5.56 Å². The fraction of sp³-hybridized carbons (Fsp3) is 0.176. The van der Waals surface area contributed by atoms with Crippen LogP contribution in [0.15, 0.2) is 54.7 Å². The van der Waals surface area contributed by atoms with Crippen LogP contribution in [0, 0.1) is 0 Å². The van der Waals surface area contributed by atoms with Gasteiger partial charge in [0.15, 0.2) is 0 Å². The van der Waals surface area contributed by atoms with Crippen molar-refractivity contribution in [2.24, 2.45) is 0 Å². The first-order valence-corrected chi connectivity index (χ1v) is 7.05. The first kappa shape index (κ1) is 12.3. The van der Waals surface area contributed by atoms with Gasteiger partial charge in [-0.1, -0.05) is 36.4 Å². The van der Waals surface area contributed by atoms with E-state index >= 15 is 0 Å². The van der Waals surface area contributed by atoms with Crippen molar-refractivity contribution in [3.63, 3.8) is 0 Å². The van der Waals surface area contributed by atoms with Crippen molar-refractivity contribution in [3.05, 3.63) is 65.9 Å². The molecule has 0 spiro atoms. The van der Waals surface area contributed by atoms with Gasteiger partial charge in [-0.3, -0.25) is 4.98 Å². The first-order chi connectivity index (χ1) is 10.3. The van der Waals surface area contributed by atoms with E-state index in [-0.39, 0.29) is 6.04 Å². The quantitative estimate of drug-likeness (QED) is 0.756. The maximum absolute atomic E-state index is 10.3. The molecule has 0 unspecified atom stereocenters. The van der Waals surface area contributed by atoms with Gasteiger partial charge in [0, 0.05) is 6.42 Å². The van der Waals surface area contributed by atoms with Crippen LogP contribution in [0.25, 0.3) is 11.0 Å². The number of hydrogen-bond donors (Lipinski definition) is 2. The molecule has 1 aliphatic rings. The Morgan fingerprint density at radius 1 is 1.00 bits per heavy atom. The smallest absolute Gasteiger partial charge is 0.145 e. The van der Waals surface area contributed by atoms with Crippen LogP contribution in [-0.4, -0.2) is 21.2 Å². The highest BCUT2D eigenvalue weighted by molar-refractivity contribution is 5.75. The molecule has 1 aliphatic carbocycles. The summed E-state index contributed by atoms with van der Waals surface area (Å²) in [6, 6.07) is 15.8. The molecule has 4 nitrogen and oxygen atoms in total. The number of hydrogen-bond acceptors (Lipinski definition) is 4. The molecule has 2 aromatic carbocycles. The van der Waals surface area contributed by atoms with Crippen LogP contribution in [0.2, 0.25) is 0 Å². The number of para-hydroxylation sites is 2. The van der Waals surface area contributed by atoms with Crippen molar-refractivity contribution in [2.45, 2.75) is 18.6 Å². The van der Waals surface area contributed by atoms with E-state index in [1.54, 1.807) is 6.20 Å². The van der Waals surface area contributed by atoms with Gasteiger partial charge < -0.3 is 10.4 Å². The topological polar surface area (TPSA) is 58.0 Å². The predicted molar refractivity (Wildman–Crippen MR) is 82.1 cm³/mol. The second-order valence-electron chi connectivity index (χ2n) is 5.34. The van der Waals surface area contributed by atoms with Gasteiger partial charge in [-0.05, 0) is 23.3 Å². The molecule has 3 aromatic rings. The highest BCUT2D eigenvalue weighted by atomic mass is 16.3.